The standard InChI is InChI=1S/C9H21OSi/c1-4-5-6-11(8-10)7-9(2)3/h9,11H,4-8H2,1-3H3. The molecule has 0 saturated heterocycles. The lowest BCUT2D eigenvalue weighted by molar-refractivity contribution is 0.247. The molecule has 0 saturated carbocycles. The van der Waals surface area contributed by atoms with E-state index in [0.717, 1.165) is 5.92 Å². The van der Waals surface area contributed by atoms with E-state index in [4.69, 9.17) is 0 Å². The highest BCUT2D eigenvalue weighted by Gasteiger charge is 2.11. The van der Waals surface area contributed by atoms with Crippen LogP contribution in [-0.4, -0.2) is 15.0 Å². The predicted molar refractivity (Wildman–Crippen MR) is 52.1 cm³/mol. The fraction of sp³-hybridized carbons (Fsp3) is 1.00. The summed E-state index contributed by atoms with van der Waals surface area (Å²) in [6.45, 7) is 6.65. The Morgan fingerprint density at radius 2 is 2.00 bits per heavy atom. The van der Waals surface area contributed by atoms with E-state index in [1.54, 1.807) is 0 Å². The van der Waals surface area contributed by atoms with Crippen molar-refractivity contribution in [1.29, 1.82) is 0 Å². The third-order valence-electron chi connectivity index (χ3n) is 2.01. The molecule has 0 heterocycles. The molecule has 0 bridgehead atoms. The van der Waals surface area contributed by atoms with Gasteiger partial charge in [0.05, 0.1) is 15.0 Å². The Bertz CT molecular complexity index is 83.6. The van der Waals surface area contributed by atoms with E-state index in [1.165, 1.54) is 24.9 Å². The van der Waals surface area contributed by atoms with Gasteiger partial charge in [-0.3, -0.25) is 0 Å². The van der Waals surface area contributed by atoms with Crippen molar-refractivity contribution in [2.75, 3.05) is 6.23 Å². The van der Waals surface area contributed by atoms with Crippen molar-refractivity contribution in [3.8, 4) is 0 Å². The molecular formula is C9H21OSi. The number of hydrogen-bond donors (Lipinski definition) is 0. The van der Waals surface area contributed by atoms with Gasteiger partial charge in [0.15, 0.2) is 0 Å². The molecule has 0 aromatic heterocycles. The van der Waals surface area contributed by atoms with Crippen LogP contribution in [0.15, 0.2) is 0 Å². The molecule has 0 aliphatic carbocycles. The van der Waals surface area contributed by atoms with E-state index < -0.39 is 8.80 Å². The Hall–Kier alpha value is 0.177. The number of hydrogen-bond acceptors (Lipinski definition) is 0. The monoisotopic (exact) mass is 173 g/mol. The summed E-state index contributed by atoms with van der Waals surface area (Å²) in [6, 6.07) is 2.53. The molecule has 0 N–H and O–H groups in total. The van der Waals surface area contributed by atoms with Crippen LogP contribution < -0.4 is 0 Å². The summed E-state index contributed by atoms with van der Waals surface area (Å²) >= 11 is 0. The quantitative estimate of drug-likeness (QED) is 0.550. The third-order valence-corrected chi connectivity index (χ3v) is 5.31. The van der Waals surface area contributed by atoms with Crippen LogP contribution in [0.1, 0.15) is 33.6 Å². The summed E-state index contributed by atoms with van der Waals surface area (Å²) in [7, 11) is -0.844. The van der Waals surface area contributed by atoms with Crippen LogP contribution in [0, 0.1) is 5.92 Å². The van der Waals surface area contributed by atoms with Gasteiger partial charge in [0.25, 0.3) is 0 Å². The SMILES string of the molecule is CCCC[SiH](C[O])CC(C)C. The molecule has 0 aliphatic rings. The largest absolute Gasteiger partial charge is 0.241 e. The fourth-order valence-corrected chi connectivity index (χ4v) is 4.29. The maximum Gasteiger partial charge on any atom is 0.0722 e. The van der Waals surface area contributed by atoms with E-state index in [1.807, 2.05) is 0 Å². The molecule has 1 radical (unpaired) electrons. The summed E-state index contributed by atoms with van der Waals surface area (Å²) in [5.41, 5.74) is 0. The zero-order valence-corrected chi connectivity index (χ0v) is 9.25. The molecule has 2 heteroatoms. The topological polar surface area (TPSA) is 19.9 Å². The average Bonchev–Trinajstić information content (AvgIpc) is 1.97. The minimum Gasteiger partial charge on any atom is -0.241 e. The van der Waals surface area contributed by atoms with Crippen LogP contribution in [0.25, 0.3) is 0 Å². The van der Waals surface area contributed by atoms with Gasteiger partial charge < -0.3 is 0 Å². The minimum absolute atomic E-state index is 0.262. The van der Waals surface area contributed by atoms with Crippen LogP contribution >= 0.6 is 0 Å². The maximum atomic E-state index is 10.7. The second kappa shape index (κ2) is 6.86. The summed E-state index contributed by atoms with van der Waals surface area (Å²) in [4.78, 5) is 0. The Morgan fingerprint density at radius 3 is 2.36 bits per heavy atom. The minimum atomic E-state index is -0.844. The van der Waals surface area contributed by atoms with E-state index in [0.29, 0.717) is 0 Å². The van der Waals surface area contributed by atoms with Crippen molar-refractivity contribution in [1.82, 2.24) is 0 Å². The lowest BCUT2D eigenvalue weighted by atomic mass is 10.3. The van der Waals surface area contributed by atoms with Crippen molar-refractivity contribution in [2.24, 2.45) is 5.92 Å². The van der Waals surface area contributed by atoms with Gasteiger partial charge >= 0.3 is 0 Å². The molecule has 0 fully saturated rings. The van der Waals surface area contributed by atoms with Crippen molar-refractivity contribution in [3.05, 3.63) is 0 Å². The molecule has 1 nitrogen and oxygen atoms in total. The third kappa shape index (κ3) is 6.57. The van der Waals surface area contributed by atoms with Crippen LogP contribution in [0.3, 0.4) is 0 Å². The van der Waals surface area contributed by atoms with E-state index in [-0.39, 0.29) is 6.23 Å². The van der Waals surface area contributed by atoms with Gasteiger partial charge in [-0.2, -0.15) is 0 Å². The van der Waals surface area contributed by atoms with E-state index in [9.17, 15) is 5.11 Å². The van der Waals surface area contributed by atoms with Crippen molar-refractivity contribution in [3.63, 3.8) is 0 Å². The highest BCUT2D eigenvalue weighted by atomic mass is 28.3. The molecule has 0 amide bonds. The Balaban J connectivity index is 3.41. The lowest BCUT2D eigenvalue weighted by Gasteiger charge is -2.12. The smallest absolute Gasteiger partial charge is 0.0722 e. The summed E-state index contributed by atoms with van der Waals surface area (Å²) in [5, 5.41) is 10.7. The molecule has 0 aromatic rings. The van der Waals surface area contributed by atoms with Crippen LogP contribution in [-0.2, 0) is 5.11 Å². The molecule has 1 atom stereocenters. The fourth-order valence-electron chi connectivity index (χ4n) is 1.43. The van der Waals surface area contributed by atoms with Crippen LogP contribution in [0.2, 0.25) is 12.1 Å². The van der Waals surface area contributed by atoms with Crippen molar-refractivity contribution >= 4 is 8.80 Å². The first-order chi connectivity index (χ1) is 5.20. The molecule has 1 unspecified atom stereocenters. The predicted octanol–water partition coefficient (Wildman–Crippen LogP) is 2.64. The second-order valence-electron chi connectivity index (χ2n) is 3.80. The molecule has 0 spiro atoms. The van der Waals surface area contributed by atoms with Gasteiger partial charge in [0.1, 0.15) is 0 Å². The molecule has 0 aromatic carbocycles. The van der Waals surface area contributed by atoms with Gasteiger partial charge in [0, 0.05) is 0 Å². The molecule has 0 aliphatic heterocycles. The Morgan fingerprint density at radius 1 is 1.36 bits per heavy atom. The highest BCUT2D eigenvalue weighted by molar-refractivity contribution is 6.58. The zero-order valence-electron chi connectivity index (χ0n) is 8.10. The summed E-state index contributed by atoms with van der Waals surface area (Å²) in [6.07, 6.45) is 2.80. The maximum absolute atomic E-state index is 10.7. The summed E-state index contributed by atoms with van der Waals surface area (Å²) < 4.78 is 0. The summed E-state index contributed by atoms with van der Waals surface area (Å²) in [5.74, 6) is 0.748. The first kappa shape index (κ1) is 11.2. The van der Waals surface area contributed by atoms with Gasteiger partial charge in [-0.05, 0) is 5.92 Å². The Kier molecular flexibility index (Phi) is 6.97. The van der Waals surface area contributed by atoms with E-state index >= 15 is 0 Å². The van der Waals surface area contributed by atoms with Gasteiger partial charge in [-0.1, -0.05) is 45.7 Å². The molecule has 67 valence electrons. The second-order valence-corrected chi connectivity index (χ2v) is 6.92. The molecule has 11 heavy (non-hydrogen) atoms. The van der Waals surface area contributed by atoms with E-state index in [2.05, 4.69) is 20.8 Å². The average molecular weight is 173 g/mol. The first-order valence-corrected chi connectivity index (χ1v) is 7.23. The lowest BCUT2D eigenvalue weighted by Crippen LogP contribution is -2.19. The Labute approximate surface area is 72.4 Å². The molecular weight excluding hydrogens is 152 g/mol. The number of rotatable bonds is 6. The van der Waals surface area contributed by atoms with Gasteiger partial charge in [-0.25, -0.2) is 5.11 Å². The van der Waals surface area contributed by atoms with Crippen molar-refractivity contribution in [2.45, 2.75) is 45.7 Å². The van der Waals surface area contributed by atoms with Gasteiger partial charge in [-0.15, -0.1) is 0 Å². The zero-order chi connectivity index (χ0) is 8.69. The van der Waals surface area contributed by atoms with Crippen LogP contribution in [0.4, 0.5) is 0 Å². The molecule has 0 rings (SSSR count). The normalized spacial score (nSPS) is 13.9. The highest BCUT2D eigenvalue weighted by Crippen LogP contribution is 2.11. The van der Waals surface area contributed by atoms with Crippen LogP contribution in [0.5, 0.6) is 0 Å². The number of unbranched alkanes of at least 4 members (excludes halogenated alkanes) is 1. The first-order valence-electron chi connectivity index (χ1n) is 4.78. The van der Waals surface area contributed by atoms with Crippen molar-refractivity contribution < 1.29 is 5.11 Å². The van der Waals surface area contributed by atoms with Gasteiger partial charge in [0.2, 0.25) is 0 Å².